The number of para-hydroxylation sites is 4. The van der Waals surface area contributed by atoms with Gasteiger partial charge < -0.3 is 9.80 Å². The number of nitriles is 1. The van der Waals surface area contributed by atoms with Crippen molar-refractivity contribution in [1.29, 1.82) is 5.26 Å². The van der Waals surface area contributed by atoms with Crippen LogP contribution in [-0.4, -0.2) is 0 Å². The smallest absolute Gasteiger partial charge is 0.0998 e. The van der Waals surface area contributed by atoms with Gasteiger partial charge in [-0.3, -0.25) is 0 Å². The number of nitrogens with zero attached hydrogens (tertiary/aromatic N) is 3. The molecule has 0 aliphatic rings. The summed E-state index contributed by atoms with van der Waals surface area (Å²) in [7, 11) is 0. The van der Waals surface area contributed by atoms with E-state index in [0.29, 0.717) is 5.56 Å². The minimum absolute atomic E-state index is 0.636. The minimum atomic E-state index is 0.636. The zero-order valence-corrected chi connectivity index (χ0v) is 32.0. The summed E-state index contributed by atoms with van der Waals surface area (Å²) in [4.78, 5) is 4.51. The van der Waals surface area contributed by atoms with Crippen LogP contribution in [-0.2, 0) is 0 Å². The van der Waals surface area contributed by atoms with Crippen LogP contribution in [0.1, 0.15) is 38.9 Å². The van der Waals surface area contributed by atoms with Gasteiger partial charge >= 0.3 is 0 Å². The first-order valence-electron chi connectivity index (χ1n) is 19.4. The molecule has 0 amide bonds. The molecule has 8 aromatic carbocycles. The molecule has 0 aliphatic carbocycles. The third kappa shape index (κ3) is 9.12. The van der Waals surface area contributed by atoms with E-state index in [1.165, 1.54) is 0 Å². The van der Waals surface area contributed by atoms with Crippen LogP contribution >= 0.6 is 0 Å². The Hall–Kier alpha value is -7.93. The Balaban J connectivity index is 0.903. The number of anilines is 6. The largest absolute Gasteiger partial charge is 0.311 e. The first-order valence-corrected chi connectivity index (χ1v) is 19.4. The van der Waals surface area contributed by atoms with Crippen molar-refractivity contribution in [3.63, 3.8) is 0 Å². The molecule has 0 aromatic heterocycles. The maximum Gasteiger partial charge on any atom is 0.0998 e. The fourth-order valence-electron chi connectivity index (χ4n) is 6.88. The third-order valence-corrected chi connectivity index (χ3v) is 9.89. The molecular formula is C55H41N3. The molecule has 276 valence electrons. The third-order valence-electron chi connectivity index (χ3n) is 9.89. The number of rotatable bonds is 12. The maximum absolute atomic E-state index is 10.0. The van der Waals surface area contributed by atoms with E-state index in [1.807, 2.05) is 42.5 Å². The van der Waals surface area contributed by atoms with E-state index >= 15 is 0 Å². The van der Waals surface area contributed by atoms with Crippen LogP contribution in [0.3, 0.4) is 0 Å². The Morgan fingerprint density at radius 1 is 0.293 bits per heavy atom. The zero-order chi connectivity index (χ0) is 39.4. The van der Waals surface area contributed by atoms with Crippen molar-refractivity contribution in [3.8, 4) is 6.07 Å². The molecule has 0 saturated heterocycles. The Bertz CT molecular complexity index is 2600. The van der Waals surface area contributed by atoms with Gasteiger partial charge in [-0.15, -0.1) is 0 Å². The molecule has 0 atom stereocenters. The van der Waals surface area contributed by atoms with Crippen molar-refractivity contribution >= 4 is 70.6 Å². The van der Waals surface area contributed by atoms with E-state index in [1.54, 1.807) is 0 Å². The van der Waals surface area contributed by atoms with Crippen molar-refractivity contribution in [2.45, 2.75) is 0 Å². The quantitative estimate of drug-likeness (QED) is 0.117. The highest BCUT2D eigenvalue weighted by Gasteiger charge is 2.13. The van der Waals surface area contributed by atoms with Crippen molar-refractivity contribution in [2.75, 3.05) is 9.80 Å². The molecule has 0 fully saturated rings. The molecule has 0 unspecified atom stereocenters. The molecule has 8 aromatic rings. The highest BCUT2D eigenvalue weighted by atomic mass is 15.1. The number of hydrogen-bond acceptors (Lipinski definition) is 3. The van der Waals surface area contributed by atoms with Crippen LogP contribution in [0.25, 0.3) is 36.5 Å². The predicted octanol–water partition coefficient (Wildman–Crippen LogP) is 15.0. The van der Waals surface area contributed by atoms with Crippen LogP contribution in [0.4, 0.5) is 34.1 Å². The fourth-order valence-corrected chi connectivity index (χ4v) is 6.88. The van der Waals surface area contributed by atoms with Crippen LogP contribution in [0.15, 0.2) is 212 Å². The van der Waals surface area contributed by atoms with E-state index in [4.69, 9.17) is 0 Å². The minimum Gasteiger partial charge on any atom is -0.311 e. The van der Waals surface area contributed by atoms with Gasteiger partial charge in [0, 0.05) is 34.1 Å². The SMILES string of the molecule is N#Cc1cc(C=Cc2ccc(N(c3ccccc3)c3ccccc3)cc2)ccc1C=Cc1ccc(C=Cc2ccc(N(c3ccccc3)c3ccccc3)cc2)cc1. The number of hydrogen-bond donors (Lipinski definition) is 0. The summed E-state index contributed by atoms with van der Waals surface area (Å²) >= 11 is 0. The van der Waals surface area contributed by atoms with Gasteiger partial charge in [0.05, 0.1) is 11.6 Å². The zero-order valence-electron chi connectivity index (χ0n) is 32.0. The highest BCUT2D eigenvalue weighted by molar-refractivity contribution is 5.81. The molecule has 0 aliphatic heterocycles. The van der Waals surface area contributed by atoms with Gasteiger partial charge in [0.1, 0.15) is 0 Å². The van der Waals surface area contributed by atoms with Gasteiger partial charge in [0.25, 0.3) is 0 Å². The number of benzene rings is 8. The molecular weight excluding hydrogens is 703 g/mol. The van der Waals surface area contributed by atoms with Crippen LogP contribution in [0.5, 0.6) is 0 Å². The van der Waals surface area contributed by atoms with Gasteiger partial charge in [-0.2, -0.15) is 5.26 Å². The van der Waals surface area contributed by atoms with Gasteiger partial charge in [-0.05, 0) is 112 Å². The van der Waals surface area contributed by atoms with Gasteiger partial charge in [-0.25, -0.2) is 0 Å². The molecule has 0 N–H and O–H groups in total. The van der Waals surface area contributed by atoms with Gasteiger partial charge in [0.2, 0.25) is 0 Å². The lowest BCUT2D eigenvalue weighted by molar-refractivity contribution is 1.28. The van der Waals surface area contributed by atoms with E-state index in [2.05, 4.69) is 222 Å². The van der Waals surface area contributed by atoms with Gasteiger partial charge in [-0.1, -0.05) is 170 Å². The molecule has 0 radical (unpaired) electrons. The normalized spacial score (nSPS) is 11.2. The lowest BCUT2D eigenvalue weighted by Gasteiger charge is -2.25. The Kier molecular flexibility index (Phi) is 11.6. The van der Waals surface area contributed by atoms with Crippen LogP contribution in [0, 0.1) is 11.3 Å². The molecule has 3 nitrogen and oxygen atoms in total. The molecule has 0 saturated carbocycles. The summed E-state index contributed by atoms with van der Waals surface area (Å²) in [5.74, 6) is 0. The Morgan fingerprint density at radius 2 is 0.569 bits per heavy atom. The predicted molar refractivity (Wildman–Crippen MR) is 247 cm³/mol. The summed E-state index contributed by atoms with van der Waals surface area (Å²) in [6, 6.07) is 75.6. The standard InChI is InChI=1S/C55H41N3/c56-42-49-41-47(28-27-46-33-39-55(40-34-46)58(52-17-9-3-10-18-52)53-19-11-4-12-20-53)30-36-48(49)35-29-44-24-21-43(22-25-44)23-26-45-31-37-54(38-32-45)57(50-13-5-1-6-14-50)51-15-7-2-8-16-51/h1-41H. The molecule has 3 heteroatoms. The summed E-state index contributed by atoms with van der Waals surface area (Å²) in [6.45, 7) is 0. The molecule has 0 spiro atoms. The van der Waals surface area contributed by atoms with Crippen molar-refractivity contribution in [3.05, 3.63) is 251 Å². The Morgan fingerprint density at radius 3 is 0.914 bits per heavy atom. The summed E-state index contributed by atoms with van der Waals surface area (Å²) in [6.07, 6.45) is 12.5. The monoisotopic (exact) mass is 743 g/mol. The van der Waals surface area contributed by atoms with Crippen molar-refractivity contribution < 1.29 is 0 Å². The van der Waals surface area contributed by atoms with E-state index < -0.39 is 0 Å². The summed E-state index contributed by atoms with van der Waals surface area (Å²) in [5, 5.41) is 10.0. The van der Waals surface area contributed by atoms with E-state index in [0.717, 1.165) is 67.5 Å². The lowest BCUT2D eigenvalue weighted by Crippen LogP contribution is -2.09. The average Bonchev–Trinajstić information content (AvgIpc) is 3.30. The lowest BCUT2D eigenvalue weighted by atomic mass is 10.0. The highest BCUT2D eigenvalue weighted by Crippen LogP contribution is 2.35. The fraction of sp³-hybridized carbons (Fsp3) is 0. The Labute approximate surface area is 341 Å². The van der Waals surface area contributed by atoms with Crippen molar-refractivity contribution in [1.82, 2.24) is 0 Å². The topological polar surface area (TPSA) is 30.3 Å². The maximum atomic E-state index is 10.0. The summed E-state index contributed by atoms with van der Waals surface area (Å²) in [5.41, 5.74) is 13.5. The van der Waals surface area contributed by atoms with Crippen molar-refractivity contribution in [2.24, 2.45) is 0 Å². The second kappa shape index (κ2) is 18.1. The van der Waals surface area contributed by atoms with E-state index in [9.17, 15) is 5.26 Å². The summed E-state index contributed by atoms with van der Waals surface area (Å²) < 4.78 is 0. The second-order valence-electron chi connectivity index (χ2n) is 13.8. The molecule has 58 heavy (non-hydrogen) atoms. The van der Waals surface area contributed by atoms with E-state index in [-0.39, 0.29) is 0 Å². The van der Waals surface area contributed by atoms with Gasteiger partial charge in [0.15, 0.2) is 0 Å². The second-order valence-corrected chi connectivity index (χ2v) is 13.8. The molecule has 0 heterocycles. The average molecular weight is 744 g/mol. The first kappa shape index (κ1) is 37.0. The van der Waals surface area contributed by atoms with Crippen LogP contribution < -0.4 is 9.80 Å². The van der Waals surface area contributed by atoms with Crippen LogP contribution in [0.2, 0.25) is 0 Å². The molecule has 8 rings (SSSR count). The molecule has 0 bridgehead atoms. The first-order chi connectivity index (χ1) is 28.7.